The van der Waals surface area contributed by atoms with Gasteiger partial charge in [-0.2, -0.15) is 11.8 Å². The molecule has 2 rings (SSSR count). The van der Waals surface area contributed by atoms with E-state index in [1.807, 2.05) is 24.8 Å². The highest BCUT2D eigenvalue weighted by molar-refractivity contribution is 7.99. The molecule has 3 heteroatoms. The van der Waals surface area contributed by atoms with Gasteiger partial charge in [-0.05, 0) is 19.4 Å². The minimum absolute atomic E-state index is 0.432. The lowest BCUT2D eigenvalue weighted by Crippen LogP contribution is -2.39. The third-order valence-corrected chi connectivity index (χ3v) is 4.33. The molecule has 1 N–H and O–H groups in total. The Balaban J connectivity index is 2.15. The van der Waals surface area contributed by atoms with Crippen LogP contribution in [0.4, 0.5) is 0 Å². The average Bonchev–Trinajstić information content (AvgIpc) is 2.40. The van der Waals surface area contributed by atoms with Crippen LogP contribution < -0.4 is 10.1 Å². The summed E-state index contributed by atoms with van der Waals surface area (Å²) in [5.74, 6) is 3.40. The van der Waals surface area contributed by atoms with E-state index in [-0.39, 0.29) is 0 Å². The van der Waals surface area contributed by atoms with E-state index in [1.54, 1.807) is 0 Å². The van der Waals surface area contributed by atoms with Gasteiger partial charge in [0.1, 0.15) is 5.75 Å². The van der Waals surface area contributed by atoms with Crippen LogP contribution >= 0.6 is 11.8 Å². The van der Waals surface area contributed by atoms with Crippen LogP contribution in [0.5, 0.6) is 5.75 Å². The Bertz CT molecular complexity index is 356. The molecule has 17 heavy (non-hydrogen) atoms. The van der Waals surface area contributed by atoms with Gasteiger partial charge in [0.15, 0.2) is 0 Å². The molecule has 0 aliphatic carbocycles. The standard InChI is InChI=1S/C14H21NOS/c1-3-11-9-17-10-13(15-11)12-7-5-6-8-14(12)16-4-2/h5-8,11,13,15H,3-4,9-10H2,1-2H3. The van der Waals surface area contributed by atoms with Crippen LogP contribution in [0, 0.1) is 0 Å². The number of ether oxygens (including phenoxy) is 1. The Morgan fingerprint density at radius 2 is 2.12 bits per heavy atom. The van der Waals surface area contributed by atoms with E-state index in [2.05, 4.69) is 30.4 Å². The topological polar surface area (TPSA) is 21.3 Å². The Morgan fingerprint density at radius 3 is 2.88 bits per heavy atom. The molecule has 0 bridgehead atoms. The van der Waals surface area contributed by atoms with Crippen LogP contribution in [0.3, 0.4) is 0 Å². The summed E-state index contributed by atoms with van der Waals surface area (Å²) in [5.41, 5.74) is 1.31. The highest BCUT2D eigenvalue weighted by atomic mass is 32.2. The fourth-order valence-corrected chi connectivity index (χ4v) is 3.44. The number of para-hydroxylation sites is 1. The molecule has 0 radical (unpaired) electrons. The minimum atomic E-state index is 0.432. The van der Waals surface area contributed by atoms with Crippen molar-refractivity contribution in [3.8, 4) is 5.75 Å². The number of thioether (sulfide) groups is 1. The maximum absolute atomic E-state index is 5.71. The van der Waals surface area contributed by atoms with E-state index in [0.717, 1.165) is 18.1 Å². The lowest BCUT2D eigenvalue weighted by Gasteiger charge is -2.31. The molecule has 0 aromatic heterocycles. The van der Waals surface area contributed by atoms with Gasteiger partial charge in [0.25, 0.3) is 0 Å². The van der Waals surface area contributed by atoms with Crippen molar-refractivity contribution in [2.24, 2.45) is 0 Å². The molecule has 2 nitrogen and oxygen atoms in total. The largest absolute Gasteiger partial charge is 0.494 e. The maximum Gasteiger partial charge on any atom is 0.124 e. The molecule has 1 heterocycles. The van der Waals surface area contributed by atoms with Crippen molar-refractivity contribution < 1.29 is 4.74 Å². The zero-order valence-corrected chi connectivity index (χ0v) is 11.4. The second-order valence-corrected chi connectivity index (χ2v) is 5.41. The van der Waals surface area contributed by atoms with E-state index in [0.29, 0.717) is 12.1 Å². The third kappa shape index (κ3) is 3.17. The molecule has 94 valence electrons. The summed E-state index contributed by atoms with van der Waals surface area (Å²) >= 11 is 2.04. The van der Waals surface area contributed by atoms with Gasteiger partial charge in [0.05, 0.1) is 6.61 Å². The molecule has 1 aliphatic heterocycles. The molecular formula is C14H21NOS. The molecule has 0 amide bonds. The van der Waals surface area contributed by atoms with Crippen molar-refractivity contribution in [1.29, 1.82) is 0 Å². The van der Waals surface area contributed by atoms with Crippen molar-refractivity contribution in [2.75, 3.05) is 18.1 Å². The highest BCUT2D eigenvalue weighted by Crippen LogP contribution is 2.31. The van der Waals surface area contributed by atoms with Crippen LogP contribution in [-0.4, -0.2) is 24.2 Å². The summed E-state index contributed by atoms with van der Waals surface area (Å²) in [5, 5.41) is 3.72. The van der Waals surface area contributed by atoms with Gasteiger partial charge < -0.3 is 10.1 Å². The lowest BCUT2D eigenvalue weighted by atomic mass is 10.1. The minimum Gasteiger partial charge on any atom is -0.494 e. The summed E-state index contributed by atoms with van der Waals surface area (Å²) < 4.78 is 5.71. The quantitative estimate of drug-likeness (QED) is 0.887. The summed E-state index contributed by atoms with van der Waals surface area (Å²) in [6, 6.07) is 9.46. The molecular weight excluding hydrogens is 230 g/mol. The highest BCUT2D eigenvalue weighted by Gasteiger charge is 2.23. The maximum atomic E-state index is 5.71. The number of hydrogen-bond donors (Lipinski definition) is 1. The van der Waals surface area contributed by atoms with Crippen LogP contribution in [0.2, 0.25) is 0 Å². The molecule has 0 saturated carbocycles. The number of rotatable bonds is 4. The zero-order valence-electron chi connectivity index (χ0n) is 10.6. The number of benzene rings is 1. The van der Waals surface area contributed by atoms with Crippen LogP contribution in [0.1, 0.15) is 31.9 Å². The first-order valence-electron chi connectivity index (χ1n) is 6.40. The molecule has 1 aromatic carbocycles. The predicted molar refractivity (Wildman–Crippen MR) is 74.9 cm³/mol. The van der Waals surface area contributed by atoms with Crippen molar-refractivity contribution in [3.63, 3.8) is 0 Å². The average molecular weight is 251 g/mol. The van der Waals surface area contributed by atoms with Crippen LogP contribution in [-0.2, 0) is 0 Å². The normalized spacial score (nSPS) is 24.6. The Morgan fingerprint density at radius 1 is 1.29 bits per heavy atom. The van der Waals surface area contributed by atoms with Crippen molar-refractivity contribution in [2.45, 2.75) is 32.4 Å². The zero-order chi connectivity index (χ0) is 12.1. The summed E-state index contributed by atoms with van der Waals surface area (Å²) in [7, 11) is 0. The van der Waals surface area contributed by atoms with Crippen molar-refractivity contribution >= 4 is 11.8 Å². The van der Waals surface area contributed by atoms with Gasteiger partial charge in [0.2, 0.25) is 0 Å². The molecule has 2 unspecified atom stereocenters. The molecule has 2 atom stereocenters. The van der Waals surface area contributed by atoms with Gasteiger partial charge in [-0.3, -0.25) is 0 Å². The number of hydrogen-bond acceptors (Lipinski definition) is 3. The molecule has 1 fully saturated rings. The van der Waals surface area contributed by atoms with Crippen molar-refractivity contribution in [3.05, 3.63) is 29.8 Å². The summed E-state index contributed by atoms with van der Waals surface area (Å²) in [4.78, 5) is 0. The van der Waals surface area contributed by atoms with Crippen LogP contribution in [0.15, 0.2) is 24.3 Å². The Labute approximate surface area is 108 Å². The molecule has 1 aliphatic rings. The predicted octanol–water partition coefficient (Wildman–Crippen LogP) is 3.24. The summed E-state index contributed by atoms with van der Waals surface area (Å²) in [6.45, 7) is 5.01. The number of nitrogens with one attached hydrogen (secondary N) is 1. The third-order valence-electron chi connectivity index (χ3n) is 3.13. The Hall–Kier alpha value is -0.670. The molecule has 1 saturated heterocycles. The van der Waals surface area contributed by atoms with Crippen molar-refractivity contribution in [1.82, 2.24) is 5.32 Å². The van der Waals surface area contributed by atoms with E-state index in [1.165, 1.54) is 17.7 Å². The first-order valence-corrected chi connectivity index (χ1v) is 7.56. The fraction of sp³-hybridized carbons (Fsp3) is 0.571. The van der Waals surface area contributed by atoms with Gasteiger partial charge >= 0.3 is 0 Å². The van der Waals surface area contributed by atoms with E-state index >= 15 is 0 Å². The van der Waals surface area contributed by atoms with Gasteiger partial charge in [-0.15, -0.1) is 0 Å². The van der Waals surface area contributed by atoms with Crippen LogP contribution in [0.25, 0.3) is 0 Å². The molecule has 1 aromatic rings. The second-order valence-electron chi connectivity index (χ2n) is 4.33. The Kier molecular flexibility index (Phi) is 4.75. The van der Waals surface area contributed by atoms with E-state index in [9.17, 15) is 0 Å². The monoisotopic (exact) mass is 251 g/mol. The first kappa shape index (κ1) is 12.8. The van der Waals surface area contributed by atoms with Gasteiger partial charge in [0, 0.05) is 29.2 Å². The van der Waals surface area contributed by atoms with E-state index < -0.39 is 0 Å². The van der Waals surface area contributed by atoms with Gasteiger partial charge in [-0.1, -0.05) is 25.1 Å². The first-order chi connectivity index (χ1) is 8.35. The smallest absolute Gasteiger partial charge is 0.124 e. The SMILES string of the molecule is CCOc1ccccc1C1CSCC(CC)N1. The fourth-order valence-electron chi connectivity index (χ4n) is 2.18. The molecule has 0 spiro atoms. The van der Waals surface area contributed by atoms with Gasteiger partial charge in [-0.25, -0.2) is 0 Å². The van der Waals surface area contributed by atoms with E-state index in [4.69, 9.17) is 4.74 Å². The lowest BCUT2D eigenvalue weighted by molar-refractivity contribution is 0.330. The summed E-state index contributed by atoms with van der Waals surface area (Å²) in [6.07, 6.45) is 1.19. The second kappa shape index (κ2) is 6.31.